The fourth-order valence-corrected chi connectivity index (χ4v) is 1.43. The number of rotatable bonds is 0. The van der Waals surface area contributed by atoms with Crippen LogP contribution in [0.2, 0.25) is 0 Å². The van der Waals surface area contributed by atoms with Gasteiger partial charge in [0.05, 0.1) is 6.61 Å². The predicted molar refractivity (Wildman–Crippen MR) is 40.3 cm³/mol. The Balaban J connectivity index is 2.16. The minimum atomic E-state index is -0.0475. The molecule has 2 unspecified atom stereocenters. The van der Waals surface area contributed by atoms with Crippen molar-refractivity contribution in [3.63, 3.8) is 0 Å². The summed E-state index contributed by atoms with van der Waals surface area (Å²) >= 11 is 0. The van der Waals surface area contributed by atoms with Gasteiger partial charge in [0.15, 0.2) is 0 Å². The first-order valence-corrected chi connectivity index (χ1v) is 3.80. The van der Waals surface area contributed by atoms with E-state index in [4.69, 9.17) is 15.5 Å². The summed E-state index contributed by atoms with van der Waals surface area (Å²) in [5, 5.41) is 0. The molecule has 0 amide bonds. The minimum absolute atomic E-state index is 0.0475. The molecule has 1 heterocycles. The lowest BCUT2D eigenvalue weighted by molar-refractivity contribution is -0.345. The number of hydrogen-bond acceptors (Lipinski definition) is 3. The van der Waals surface area contributed by atoms with Crippen LogP contribution in [0.25, 0.3) is 0 Å². The standard InChI is InChI=1S/C8H11NO2/c9-7-3-1-2-6-4-5-10-11-8(6)7/h1-3,6,8H,4-5,9H2. The third kappa shape index (κ3) is 1.17. The second-order valence-electron chi connectivity index (χ2n) is 2.84. The average Bonchev–Trinajstić information content (AvgIpc) is 2.06. The molecule has 0 bridgehead atoms. The summed E-state index contributed by atoms with van der Waals surface area (Å²) in [4.78, 5) is 9.90. The van der Waals surface area contributed by atoms with Gasteiger partial charge >= 0.3 is 0 Å². The van der Waals surface area contributed by atoms with Crippen molar-refractivity contribution in [1.29, 1.82) is 0 Å². The fourth-order valence-electron chi connectivity index (χ4n) is 1.43. The van der Waals surface area contributed by atoms with Crippen LogP contribution >= 0.6 is 0 Å². The van der Waals surface area contributed by atoms with Gasteiger partial charge in [-0.1, -0.05) is 12.2 Å². The number of fused-ring (bicyclic) bond motifs is 1. The molecule has 3 nitrogen and oxygen atoms in total. The highest BCUT2D eigenvalue weighted by molar-refractivity contribution is 5.22. The van der Waals surface area contributed by atoms with Gasteiger partial charge < -0.3 is 5.73 Å². The molecule has 0 aromatic heterocycles. The van der Waals surface area contributed by atoms with Crippen LogP contribution < -0.4 is 5.73 Å². The molecule has 11 heavy (non-hydrogen) atoms. The summed E-state index contributed by atoms with van der Waals surface area (Å²) in [6.07, 6.45) is 6.90. The topological polar surface area (TPSA) is 44.5 Å². The van der Waals surface area contributed by atoms with Crippen molar-refractivity contribution < 1.29 is 9.78 Å². The Morgan fingerprint density at radius 3 is 3.27 bits per heavy atom. The highest BCUT2D eigenvalue weighted by atomic mass is 17.2. The van der Waals surface area contributed by atoms with E-state index in [-0.39, 0.29) is 6.10 Å². The zero-order valence-corrected chi connectivity index (χ0v) is 6.19. The van der Waals surface area contributed by atoms with Crippen molar-refractivity contribution in [2.75, 3.05) is 6.61 Å². The zero-order chi connectivity index (χ0) is 7.68. The quantitative estimate of drug-likeness (QED) is 0.522. The van der Waals surface area contributed by atoms with E-state index in [0.29, 0.717) is 12.5 Å². The maximum Gasteiger partial charge on any atom is 0.138 e. The summed E-state index contributed by atoms with van der Waals surface area (Å²) in [6.45, 7) is 0.665. The normalized spacial score (nSPS) is 36.2. The SMILES string of the molecule is NC1=CC=CC2CCOOC12. The third-order valence-corrected chi connectivity index (χ3v) is 2.07. The van der Waals surface area contributed by atoms with Crippen molar-refractivity contribution in [3.05, 3.63) is 23.9 Å². The smallest absolute Gasteiger partial charge is 0.138 e. The third-order valence-electron chi connectivity index (χ3n) is 2.07. The Kier molecular flexibility index (Phi) is 1.68. The zero-order valence-electron chi connectivity index (χ0n) is 6.19. The van der Waals surface area contributed by atoms with E-state index in [1.165, 1.54) is 0 Å². The summed E-state index contributed by atoms with van der Waals surface area (Å²) in [6, 6.07) is 0. The Hall–Kier alpha value is -0.800. The van der Waals surface area contributed by atoms with E-state index in [1.807, 2.05) is 12.2 Å². The Labute approximate surface area is 65.4 Å². The van der Waals surface area contributed by atoms with Crippen molar-refractivity contribution in [2.45, 2.75) is 12.5 Å². The fraction of sp³-hybridized carbons (Fsp3) is 0.500. The lowest BCUT2D eigenvalue weighted by Crippen LogP contribution is -2.35. The molecule has 2 N–H and O–H groups in total. The second kappa shape index (κ2) is 2.68. The van der Waals surface area contributed by atoms with E-state index in [9.17, 15) is 0 Å². The molecule has 0 aromatic carbocycles. The van der Waals surface area contributed by atoms with Crippen LogP contribution in [0.15, 0.2) is 23.9 Å². The maximum atomic E-state index is 5.69. The molecular formula is C8H11NO2. The molecule has 2 rings (SSSR count). The summed E-state index contributed by atoms with van der Waals surface area (Å²) in [7, 11) is 0. The molecule has 1 aliphatic heterocycles. The molecule has 1 saturated heterocycles. The van der Waals surface area contributed by atoms with Crippen LogP contribution in [-0.2, 0) is 9.78 Å². The van der Waals surface area contributed by atoms with Gasteiger partial charge in [-0.15, -0.1) is 0 Å². The number of hydrogen-bond donors (Lipinski definition) is 1. The van der Waals surface area contributed by atoms with Crippen LogP contribution in [0, 0.1) is 5.92 Å². The van der Waals surface area contributed by atoms with Gasteiger partial charge in [0.2, 0.25) is 0 Å². The molecular weight excluding hydrogens is 142 g/mol. The first-order valence-electron chi connectivity index (χ1n) is 3.80. The Bertz CT molecular complexity index is 210. The van der Waals surface area contributed by atoms with Crippen LogP contribution in [0.3, 0.4) is 0 Å². The van der Waals surface area contributed by atoms with Crippen molar-refractivity contribution in [3.8, 4) is 0 Å². The first-order chi connectivity index (χ1) is 5.38. The summed E-state index contributed by atoms with van der Waals surface area (Å²) in [5.41, 5.74) is 6.46. The van der Waals surface area contributed by atoms with E-state index >= 15 is 0 Å². The molecule has 0 spiro atoms. The van der Waals surface area contributed by atoms with Crippen LogP contribution in [0.4, 0.5) is 0 Å². The van der Waals surface area contributed by atoms with Gasteiger partial charge in [0.25, 0.3) is 0 Å². The van der Waals surface area contributed by atoms with Crippen LogP contribution in [0.1, 0.15) is 6.42 Å². The number of allylic oxidation sites excluding steroid dienone is 2. The molecule has 1 fully saturated rings. The molecule has 0 aromatic rings. The molecule has 0 saturated carbocycles. The highest BCUT2D eigenvalue weighted by Gasteiger charge is 2.28. The van der Waals surface area contributed by atoms with Crippen molar-refractivity contribution in [2.24, 2.45) is 11.7 Å². The van der Waals surface area contributed by atoms with E-state index in [2.05, 4.69) is 6.08 Å². The molecule has 3 heteroatoms. The van der Waals surface area contributed by atoms with E-state index < -0.39 is 0 Å². The Morgan fingerprint density at radius 1 is 1.55 bits per heavy atom. The minimum Gasteiger partial charge on any atom is -0.400 e. The molecule has 2 aliphatic rings. The predicted octanol–water partition coefficient (Wildman–Crippen LogP) is 0.736. The van der Waals surface area contributed by atoms with Crippen LogP contribution in [0.5, 0.6) is 0 Å². The first kappa shape index (κ1) is 6.88. The van der Waals surface area contributed by atoms with Gasteiger partial charge in [0, 0.05) is 11.6 Å². The number of nitrogens with two attached hydrogens (primary N) is 1. The van der Waals surface area contributed by atoms with Gasteiger partial charge in [-0.05, 0) is 12.5 Å². The highest BCUT2D eigenvalue weighted by Crippen LogP contribution is 2.26. The second-order valence-corrected chi connectivity index (χ2v) is 2.84. The van der Waals surface area contributed by atoms with Crippen molar-refractivity contribution >= 4 is 0 Å². The van der Waals surface area contributed by atoms with Crippen LogP contribution in [-0.4, -0.2) is 12.7 Å². The maximum absolute atomic E-state index is 5.69. The van der Waals surface area contributed by atoms with Gasteiger partial charge in [-0.2, -0.15) is 0 Å². The van der Waals surface area contributed by atoms with Crippen molar-refractivity contribution in [1.82, 2.24) is 0 Å². The summed E-state index contributed by atoms with van der Waals surface area (Å²) in [5.74, 6) is 0.411. The molecule has 2 atom stereocenters. The molecule has 1 aliphatic carbocycles. The van der Waals surface area contributed by atoms with E-state index in [0.717, 1.165) is 12.1 Å². The monoisotopic (exact) mass is 153 g/mol. The van der Waals surface area contributed by atoms with Gasteiger partial charge in [-0.3, -0.25) is 0 Å². The largest absolute Gasteiger partial charge is 0.400 e. The van der Waals surface area contributed by atoms with E-state index in [1.54, 1.807) is 0 Å². The lowest BCUT2D eigenvalue weighted by Gasteiger charge is -2.30. The van der Waals surface area contributed by atoms with Gasteiger partial charge in [0.1, 0.15) is 6.10 Å². The molecule has 0 radical (unpaired) electrons. The lowest BCUT2D eigenvalue weighted by atomic mass is 9.92. The van der Waals surface area contributed by atoms with Gasteiger partial charge in [-0.25, -0.2) is 9.78 Å². The average molecular weight is 153 g/mol. The summed E-state index contributed by atoms with van der Waals surface area (Å²) < 4.78 is 0. The Morgan fingerprint density at radius 2 is 2.45 bits per heavy atom. The molecule has 60 valence electrons.